The van der Waals surface area contributed by atoms with E-state index < -0.39 is 5.60 Å². The fraction of sp³-hybridized carbons (Fsp3) is 0.667. The maximum Gasteiger partial charge on any atom is 0.306 e. The van der Waals surface area contributed by atoms with Crippen molar-refractivity contribution in [1.29, 1.82) is 0 Å². The summed E-state index contributed by atoms with van der Waals surface area (Å²) in [5.41, 5.74) is 5.13. The molecule has 2 rings (SSSR count). The molecule has 110 valence electrons. The van der Waals surface area contributed by atoms with Crippen molar-refractivity contribution in [1.82, 2.24) is 15.2 Å². The molecule has 2 heterocycles. The Kier molecular flexibility index (Phi) is 3.99. The van der Waals surface area contributed by atoms with Gasteiger partial charge in [0.05, 0.1) is 6.42 Å². The van der Waals surface area contributed by atoms with Crippen LogP contribution in [0.15, 0.2) is 0 Å². The molecule has 0 aromatic carbocycles. The number of hydrogen-bond acceptors (Lipinski definition) is 7. The predicted molar refractivity (Wildman–Crippen MR) is 75.4 cm³/mol. The summed E-state index contributed by atoms with van der Waals surface area (Å²) < 4.78 is 5.28. The van der Waals surface area contributed by atoms with Crippen LogP contribution in [-0.2, 0) is 9.53 Å². The topological polar surface area (TPSA) is 94.2 Å². The van der Waals surface area contributed by atoms with Crippen molar-refractivity contribution in [3.05, 3.63) is 5.15 Å². The maximum absolute atomic E-state index is 11.7. The molecule has 1 saturated heterocycles. The fourth-order valence-corrected chi connectivity index (χ4v) is 2.01. The van der Waals surface area contributed by atoms with Gasteiger partial charge in [0.25, 0.3) is 0 Å². The molecule has 8 heteroatoms. The molecule has 1 aliphatic rings. The number of ether oxygens (including phenoxy) is 1. The first kappa shape index (κ1) is 14.8. The van der Waals surface area contributed by atoms with E-state index in [2.05, 4.69) is 15.2 Å². The Morgan fingerprint density at radius 2 is 2.10 bits per heavy atom. The Balaban J connectivity index is 1.82. The van der Waals surface area contributed by atoms with Crippen LogP contribution in [0.2, 0.25) is 5.15 Å². The molecule has 1 aromatic rings. The van der Waals surface area contributed by atoms with E-state index in [4.69, 9.17) is 22.1 Å². The average Bonchev–Trinajstić information content (AvgIpc) is 2.24. The molecule has 0 radical (unpaired) electrons. The van der Waals surface area contributed by atoms with Gasteiger partial charge in [-0.3, -0.25) is 4.79 Å². The Bertz CT molecular complexity index is 511. The van der Waals surface area contributed by atoms with Crippen LogP contribution in [0.25, 0.3) is 0 Å². The summed E-state index contributed by atoms with van der Waals surface area (Å²) in [7, 11) is 0. The van der Waals surface area contributed by atoms with Crippen molar-refractivity contribution in [2.24, 2.45) is 5.92 Å². The monoisotopic (exact) mass is 299 g/mol. The van der Waals surface area contributed by atoms with Gasteiger partial charge in [0.1, 0.15) is 5.60 Å². The number of halogens is 1. The molecule has 1 fully saturated rings. The number of nitrogens with two attached hydrogens (primary N) is 1. The van der Waals surface area contributed by atoms with E-state index in [1.54, 1.807) is 0 Å². The molecule has 0 spiro atoms. The number of nitrogens with zero attached hydrogens (tertiary/aromatic N) is 4. The minimum absolute atomic E-state index is 0.0968. The van der Waals surface area contributed by atoms with Crippen molar-refractivity contribution < 1.29 is 9.53 Å². The SMILES string of the molecule is CC(C)(C)OC(=O)CC1CN(c2nnc(Cl)c(N)n2)C1. The second kappa shape index (κ2) is 5.40. The normalized spacial score (nSPS) is 15.9. The smallest absolute Gasteiger partial charge is 0.306 e. The number of nitrogen functional groups attached to an aromatic ring is 1. The first-order valence-corrected chi connectivity index (χ1v) is 6.75. The van der Waals surface area contributed by atoms with Gasteiger partial charge in [-0.25, -0.2) is 0 Å². The van der Waals surface area contributed by atoms with E-state index in [1.165, 1.54) is 0 Å². The lowest BCUT2D eigenvalue weighted by atomic mass is 9.97. The number of hydrogen-bond donors (Lipinski definition) is 1. The van der Waals surface area contributed by atoms with Gasteiger partial charge < -0.3 is 15.4 Å². The van der Waals surface area contributed by atoms with Crippen LogP contribution in [0, 0.1) is 5.92 Å². The van der Waals surface area contributed by atoms with Gasteiger partial charge in [-0.15, -0.1) is 10.2 Å². The molecule has 0 unspecified atom stereocenters. The zero-order valence-corrected chi connectivity index (χ0v) is 12.5. The van der Waals surface area contributed by atoms with Crippen LogP contribution in [-0.4, -0.2) is 39.8 Å². The Morgan fingerprint density at radius 3 is 2.65 bits per heavy atom. The zero-order valence-electron chi connectivity index (χ0n) is 11.8. The third-order valence-corrected chi connectivity index (χ3v) is 3.04. The Labute approximate surface area is 122 Å². The van der Waals surface area contributed by atoms with Crippen molar-refractivity contribution in [2.75, 3.05) is 23.7 Å². The summed E-state index contributed by atoms with van der Waals surface area (Å²) >= 11 is 5.66. The number of aromatic nitrogens is 3. The van der Waals surface area contributed by atoms with Crippen LogP contribution in [0.4, 0.5) is 11.8 Å². The number of anilines is 2. The second-order valence-corrected chi connectivity index (χ2v) is 6.21. The molecule has 2 N–H and O–H groups in total. The van der Waals surface area contributed by atoms with Crippen LogP contribution in [0.1, 0.15) is 27.2 Å². The van der Waals surface area contributed by atoms with Crippen molar-refractivity contribution in [2.45, 2.75) is 32.8 Å². The van der Waals surface area contributed by atoms with E-state index in [0.29, 0.717) is 25.5 Å². The van der Waals surface area contributed by atoms with Gasteiger partial charge >= 0.3 is 5.97 Å². The number of esters is 1. The first-order chi connectivity index (χ1) is 9.24. The van der Waals surface area contributed by atoms with Crippen LogP contribution < -0.4 is 10.6 Å². The molecule has 0 amide bonds. The minimum Gasteiger partial charge on any atom is -0.460 e. The summed E-state index contributed by atoms with van der Waals surface area (Å²) in [4.78, 5) is 17.6. The van der Waals surface area contributed by atoms with E-state index >= 15 is 0 Å². The Morgan fingerprint density at radius 1 is 1.45 bits per heavy atom. The fourth-order valence-electron chi connectivity index (χ4n) is 1.93. The molecule has 0 aliphatic carbocycles. The second-order valence-electron chi connectivity index (χ2n) is 5.85. The Hall–Kier alpha value is -1.63. The van der Waals surface area contributed by atoms with Gasteiger partial charge in [0.2, 0.25) is 5.95 Å². The number of carbonyl (C=O) groups is 1. The number of carbonyl (C=O) groups excluding carboxylic acids is 1. The third kappa shape index (κ3) is 3.69. The molecule has 1 aromatic heterocycles. The summed E-state index contributed by atoms with van der Waals surface area (Å²) in [6.45, 7) is 6.93. The molecule has 7 nitrogen and oxygen atoms in total. The lowest BCUT2D eigenvalue weighted by Gasteiger charge is -2.38. The van der Waals surface area contributed by atoms with Gasteiger partial charge in [-0.1, -0.05) is 11.6 Å². The van der Waals surface area contributed by atoms with Gasteiger partial charge in [-0.2, -0.15) is 4.98 Å². The highest BCUT2D eigenvalue weighted by molar-refractivity contribution is 6.31. The molecule has 0 bridgehead atoms. The molecular weight excluding hydrogens is 282 g/mol. The van der Waals surface area contributed by atoms with E-state index in [1.807, 2.05) is 25.7 Å². The van der Waals surface area contributed by atoms with Gasteiger partial charge in [-0.05, 0) is 20.8 Å². The van der Waals surface area contributed by atoms with Crippen LogP contribution >= 0.6 is 11.6 Å². The van der Waals surface area contributed by atoms with Crippen LogP contribution in [0.3, 0.4) is 0 Å². The lowest BCUT2D eigenvalue weighted by molar-refractivity contribution is -0.156. The zero-order chi connectivity index (χ0) is 14.9. The predicted octanol–water partition coefficient (Wildman–Crippen LogP) is 1.28. The quantitative estimate of drug-likeness (QED) is 0.840. The number of rotatable bonds is 3. The van der Waals surface area contributed by atoms with Gasteiger partial charge in [0.15, 0.2) is 11.0 Å². The van der Waals surface area contributed by atoms with E-state index in [0.717, 1.165) is 0 Å². The summed E-state index contributed by atoms with van der Waals surface area (Å²) in [5, 5.41) is 7.68. The largest absolute Gasteiger partial charge is 0.460 e. The lowest BCUT2D eigenvalue weighted by Crippen LogP contribution is -2.49. The van der Waals surface area contributed by atoms with Gasteiger partial charge in [0, 0.05) is 19.0 Å². The minimum atomic E-state index is -0.446. The summed E-state index contributed by atoms with van der Waals surface area (Å²) in [5.74, 6) is 0.654. The third-order valence-electron chi connectivity index (χ3n) is 2.77. The van der Waals surface area contributed by atoms with Crippen molar-refractivity contribution >= 4 is 29.3 Å². The highest BCUT2D eigenvalue weighted by Crippen LogP contribution is 2.25. The standard InChI is InChI=1S/C12H18ClN5O2/c1-12(2,3)20-8(19)4-7-5-18(6-7)11-15-10(14)9(13)16-17-11/h7H,4-6H2,1-3H3,(H2,14,15,17). The average molecular weight is 300 g/mol. The molecule has 0 saturated carbocycles. The van der Waals surface area contributed by atoms with Crippen molar-refractivity contribution in [3.8, 4) is 0 Å². The highest BCUT2D eigenvalue weighted by atomic mass is 35.5. The summed E-state index contributed by atoms with van der Waals surface area (Å²) in [6, 6.07) is 0. The maximum atomic E-state index is 11.7. The highest BCUT2D eigenvalue weighted by Gasteiger charge is 2.32. The van der Waals surface area contributed by atoms with E-state index in [9.17, 15) is 4.79 Å². The van der Waals surface area contributed by atoms with E-state index in [-0.39, 0.29) is 22.9 Å². The van der Waals surface area contributed by atoms with Crippen LogP contribution in [0.5, 0.6) is 0 Å². The molecule has 0 atom stereocenters. The van der Waals surface area contributed by atoms with Crippen molar-refractivity contribution in [3.63, 3.8) is 0 Å². The summed E-state index contributed by atoms with van der Waals surface area (Å²) in [6.07, 6.45) is 0.393. The molecular formula is C12H18ClN5O2. The molecule has 20 heavy (non-hydrogen) atoms. The first-order valence-electron chi connectivity index (χ1n) is 6.37. The molecule has 1 aliphatic heterocycles.